The predicted octanol–water partition coefficient (Wildman–Crippen LogP) is -0.991. The van der Waals surface area contributed by atoms with Crippen molar-refractivity contribution < 1.29 is 19.0 Å². The summed E-state index contributed by atoms with van der Waals surface area (Å²) in [6, 6.07) is 1.00. The van der Waals surface area contributed by atoms with E-state index in [9.17, 15) is 9.59 Å². The molecule has 0 saturated carbocycles. The van der Waals surface area contributed by atoms with Crippen LogP contribution in [0.3, 0.4) is 0 Å². The second-order valence-corrected chi connectivity index (χ2v) is 3.96. The number of esters is 1. The van der Waals surface area contributed by atoms with Gasteiger partial charge in [-0.2, -0.15) is 0 Å². The fourth-order valence-corrected chi connectivity index (χ4v) is 1.45. The van der Waals surface area contributed by atoms with E-state index in [2.05, 4.69) is 15.2 Å². The van der Waals surface area contributed by atoms with Crippen LogP contribution in [0, 0.1) is 0 Å². The highest BCUT2D eigenvalue weighted by molar-refractivity contribution is 5.93. The number of carbonyl (C=O) groups is 2. The van der Waals surface area contributed by atoms with Gasteiger partial charge in [-0.3, -0.25) is 9.59 Å². The Morgan fingerprint density at radius 1 is 1.58 bits per heavy atom. The summed E-state index contributed by atoms with van der Waals surface area (Å²) in [6.07, 6.45) is 3.58. The monoisotopic (exact) mass is 267 g/mol. The lowest BCUT2D eigenvalue weighted by Crippen LogP contribution is -2.42. The van der Waals surface area contributed by atoms with Crippen LogP contribution in [0.1, 0.15) is 23.7 Å². The Kier molecular flexibility index (Phi) is 5.87. The smallest absolute Gasteiger partial charge is 0.322 e. The maximum Gasteiger partial charge on any atom is 0.322 e. The Balaban J connectivity index is 2.53. The van der Waals surface area contributed by atoms with E-state index in [0.29, 0.717) is 25.1 Å². The molecular weight excluding hydrogens is 248 g/mol. The number of carbonyl (C=O) groups excluding carboxylic acids is 2. The molecule has 0 aliphatic carbocycles. The van der Waals surface area contributed by atoms with Gasteiger partial charge in [-0.1, -0.05) is 4.68 Å². The summed E-state index contributed by atoms with van der Waals surface area (Å²) in [5.41, 5.74) is 6.11. The summed E-state index contributed by atoms with van der Waals surface area (Å²) in [4.78, 5) is 22.6. The van der Waals surface area contributed by atoms with Gasteiger partial charge in [0.25, 0.3) is 5.91 Å². The Hall–Kier alpha value is -2.02. The van der Waals surface area contributed by atoms with Crippen molar-refractivity contribution in [2.45, 2.75) is 25.9 Å². The van der Waals surface area contributed by atoms with E-state index < -0.39 is 12.0 Å². The second kappa shape index (κ2) is 7.42. The largest absolute Gasteiger partial charge is 0.468 e. The Labute approximate surface area is 111 Å². The molecule has 0 fully saturated rings. The molecule has 0 saturated heterocycles. The van der Waals surface area contributed by atoms with Gasteiger partial charge in [0.2, 0.25) is 0 Å². The van der Waals surface area contributed by atoms with Crippen LogP contribution >= 0.6 is 0 Å². The molecule has 0 radical (unpaired) electrons. The van der Waals surface area contributed by atoms with Crippen molar-refractivity contribution in [1.82, 2.24) is 10.4 Å². The zero-order chi connectivity index (χ0) is 14.3. The van der Waals surface area contributed by atoms with Gasteiger partial charge in [-0.05, 0) is 12.0 Å². The first-order valence-corrected chi connectivity index (χ1v) is 6.05. The van der Waals surface area contributed by atoms with Crippen LogP contribution in [0.15, 0.2) is 18.5 Å². The number of hydrogen-bond acceptors (Lipinski definition) is 5. The van der Waals surface area contributed by atoms with Crippen LogP contribution < -0.4 is 15.7 Å². The molecule has 0 aliphatic rings. The standard InChI is InChI=1S/C12H18N4O3/c1-3-14-11(17)9-4-6-16(15-8-9)7-5-10(13)12(18)19-2/h4,6,8,10H,3,5,7,13H2,1-2H3/p+1/t10-/m0/s1. The molecule has 0 aliphatic heterocycles. The molecule has 1 rings (SSSR count). The third-order valence-corrected chi connectivity index (χ3v) is 2.54. The topological polar surface area (TPSA) is 98.2 Å². The molecule has 0 bridgehead atoms. The van der Waals surface area contributed by atoms with E-state index in [-0.39, 0.29) is 5.91 Å². The SMILES string of the molecule is CCNC(=O)c1cc[n+](CC[C@H](N)C(=O)OC)nc1. The minimum atomic E-state index is -0.664. The molecule has 7 heteroatoms. The van der Waals surface area contributed by atoms with Gasteiger partial charge in [0.1, 0.15) is 12.2 Å². The van der Waals surface area contributed by atoms with E-state index in [1.807, 2.05) is 6.92 Å². The molecule has 7 nitrogen and oxygen atoms in total. The second-order valence-electron chi connectivity index (χ2n) is 3.96. The van der Waals surface area contributed by atoms with Gasteiger partial charge in [0.15, 0.2) is 12.7 Å². The first-order chi connectivity index (χ1) is 9.08. The minimum absolute atomic E-state index is 0.159. The third-order valence-electron chi connectivity index (χ3n) is 2.54. The van der Waals surface area contributed by atoms with Crippen molar-refractivity contribution in [3.8, 4) is 0 Å². The molecule has 19 heavy (non-hydrogen) atoms. The molecular formula is C12H19N4O3+. The maximum atomic E-state index is 11.5. The van der Waals surface area contributed by atoms with Gasteiger partial charge < -0.3 is 15.8 Å². The summed E-state index contributed by atoms with van der Waals surface area (Å²) in [5, 5.41) is 6.77. The molecule has 1 amide bonds. The zero-order valence-electron chi connectivity index (χ0n) is 11.1. The molecule has 3 N–H and O–H groups in total. The van der Waals surface area contributed by atoms with Crippen LogP contribution in [0.4, 0.5) is 0 Å². The summed E-state index contributed by atoms with van der Waals surface area (Å²) in [5.74, 6) is -0.604. The fourth-order valence-electron chi connectivity index (χ4n) is 1.45. The van der Waals surface area contributed by atoms with Crippen molar-refractivity contribution in [3.05, 3.63) is 24.0 Å². The zero-order valence-corrected chi connectivity index (χ0v) is 11.1. The normalized spacial score (nSPS) is 11.7. The number of nitrogens with zero attached hydrogens (tertiary/aromatic N) is 2. The highest BCUT2D eigenvalue weighted by atomic mass is 16.5. The molecule has 0 unspecified atom stereocenters. The fraction of sp³-hybridized carbons (Fsp3) is 0.500. The lowest BCUT2D eigenvalue weighted by atomic mass is 10.2. The number of hydrogen-bond donors (Lipinski definition) is 2. The Bertz CT molecular complexity index is 433. The van der Waals surface area contributed by atoms with Crippen molar-refractivity contribution in [1.29, 1.82) is 0 Å². The number of ether oxygens (including phenoxy) is 1. The van der Waals surface area contributed by atoms with Gasteiger partial charge in [-0.25, -0.2) is 0 Å². The number of methoxy groups -OCH3 is 1. The number of amides is 1. The van der Waals surface area contributed by atoms with Gasteiger partial charge in [0.05, 0.1) is 12.7 Å². The van der Waals surface area contributed by atoms with E-state index in [1.165, 1.54) is 13.3 Å². The molecule has 0 aromatic carbocycles. The summed E-state index contributed by atoms with van der Waals surface area (Å²) in [6.45, 7) is 2.90. The van der Waals surface area contributed by atoms with E-state index >= 15 is 0 Å². The van der Waals surface area contributed by atoms with Gasteiger partial charge >= 0.3 is 5.97 Å². The predicted molar refractivity (Wildman–Crippen MR) is 67.0 cm³/mol. The van der Waals surface area contributed by atoms with Crippen LogP contribution in [0.5, 0.6) is 0 Å². The first kappa shape index (κ1) is 15.0. The van der Waals surface area contributed by atoms with E-state index in [4.69, 9.17) is 5.73 Å². The molecule has 1 aromatic rings. The van der Waals surface area contributed by atoms with Crippen LogP contribution in [0.2, 0.25) is 0 Å². The summed E-state index contributed by atoms with van der Waals surface area (Å²) in [7, 11) is 1.30. The number of aryl methyl sites for hydroxylation is 1. The third kappa shape index (κ3) is 4.63. The number of nitrogens with one attached hydrogen (secondary N) is 1. The summed E-state index contributed by atoms with van der Waals surface area (Å²) < 4.78 is 6.15. The van der Waals surface area contributed by atoms with Gasteiger partial charge in [0, 0.05) is 19.0 Å². The van der Waals surface area contributed by atoms with Crippen molar-refractivity contribution in [2.24, 2.45) is 5.73 Å². The van der Waals surface area contributed by atoms with Crippen LogP contribution in [0.25, 0.3) is 0 Å². The van der Waals surface area contributed by atoms with Crippen molar-refractivity contribution in [3.63, 3.8) is 0 Å². The van der Waals surface area contributed by atoms with Crippen molar-refractivity contribution >= 4 is 11.9 Å². The quantitative estimate of drug-likeness (QED) is 0.509. The molecule has 0 spiro atoms. The molecule has 1 atom stereocenters. The average molecular weight is 267 g/mol. The van der Waals surface area contributed by atoms with Gasteiger partial charge in [-0.15, -0.1) is 0 Å². The number of aromatic nitrogens is 2. The van der Waals surface area contributed by atoms with Crippen molar-refractivity contribution in [2.75, 3.05) is 13.7 Å². The number of nitrogens with two attached hydrogens (primary N) is 1. The molecule has 1 aromatic heterocycles. The average Bonchev–Trinajstić information content (AvgIpc) is 2.44. The van der Waals surface area contributed by atoms with E-state index in [0.717, 1.165) is 0 Å². The molecule has 1 heterocycles. The highest BCUT2D eigenvalue weighted by Crippen LogP contribution is 1.94. The first-order valence-electron chi connectivity index (χ1n) is 6.05. The number of rotatable bonds is 6. The maximum absolute atomic E-state index is 11.5. The van der Waals surface area contributed by atoms with Crippen LogP contribution in [-0.2, 0) is 16.1 Å². The van der Waals surface area contributed by atoms with E-state index in [1.54, 1.807) is 16.9 Å². The molecule has 104 valence electrons. The Morgan fingerprint density at radius 2 is 2.32 bits per heavy atom. The Morgan fingerprint density at radius 3 is 2.84 bits per heavy atom. The highest BCUT2D eigenvalue weighted by Gasteiger charge is 2.16. The summed E-state index contributed by atoms with van der Waals surface area (Å²) >= 11 is 0. The lowest BCUT2D eigenvalue weighted by Gasteiger charge is -2.05. The van der Waals surface area contributed by atoms with Crippen LogP contribution in [-0.4, -0.2) is 36.7 Å². The minimum Gasteiger partial charge on any atom is -0.468 e. The lowest BCUT2D eigenvalue weighted by molar-refractivity contribution is -0.754.